The summed E-state index contributed by atoms with van der Waals surface area (Å²) >= 11 is 0. The van der Waals surface area contributed by atoms with Crippen LogP contribution >= 0.6 is 7.37 Å². The van der Waals surface area contributed by atoms with Crippen molar-refractivity contribution in [1.29, 1.82) is 0 Å². The van der Waals surface area contributed by atoms with Gasteiger partial charge in [-0.2, -0.15) is 0 Å². The molecule has 1 aromatic carbocycles. The van der Waals surface area contributed by atoms with Gasteiger partial charge in [0.2, 0.25) is 19.2 Å². The average molecular weight is 612 g/mol. The number of hydrogen-bond acceptors (Lipinski definition) is 5. The van der Waals surface area contributed by atoms with Crippen LogP contribution < -0.4 is 10.6 Å². The first kappa shape index (κ1) is 32.4. The predicted octanol–water partition coefficient (Wildman–Crippen LogP) is 5.44. The maximum absolute atomic E-state index is 14.5. The van der Waals surface area contributed by atoms with E-state index in [1.165, 1.54) is 11.0 Å². The van der Waals surface area contributed by atoms with E-state index >= 15 is 0 Å². The Morgan fingerprint density at radius 1 is 1.10 bits per heavy atom. The number of fused-ring (bicyclic) bond motifs is 2. The molecule has 12 heteroatoms. The second-order valence-electron chi connectivity index (χ2n) is 13.2. The highest BCUT2D eigenvalue weighted by Crippen LogP contribution is 2.71. The molecule has 42 heavy (non-hydrogen) atoms. The first-order valence-corrected chi connectivity index (χ1v) is 16.9. The number of ether oxygens (including phenoxy) is 1. The molecule has 2 heterocycles. The zero-order valence-electron chi connectivity index (χ0n) is 24.8. The van der Waals surface area contributed by atoms with Gasteiger partial charge in [0, 0.05) is 12.1 Å². The van der Waals surface area contributed by atoms with Crippen molar-refractivity contribution in [2.75, 3.05) is 13.2 Å². The van der Waals surface area contributed by atoms with Gasteiger partial charge in [0.15, 0.2) is 0 Å². The van der Waals surface area contributed by atoms with Crippen LogP contribution in [0.1, 0.15) is 90.5 Å². The second kappa shape index (κ2) is 13.0. The molecule has 5 atom stereocenters. The number of alkyl carbamates (subject to hydrolysis) is 1. The Bertz CT molecular complexity index is 1200. The molecule has 0 bridgehead atoms. The lowest BCUT2D eigenvalue weighted by atomic mass is 9.99. The Balaban J connectivity index is 1.56. The molecule has 1 aliphatic carbocycles. The zero-order valence-corrected chi connectivity index (χ0v) is 25.7. The molecule has 3 amide bonds. The Morgan fingerprint density at radius 3 is 2.40 bits per heavy atom. The van der Waals surface area contributed by atoms with Crippen LogP contribution in [0.2, 0.25) is 0 Å². The largest absolute Gasteiger partial charge is 0.449 e. The maximum atomic E-state index is 14.5. The van der Waals surface area contributed by atoms with Crippen LogP contribution in [-0.2, 0) is 25.1 Å². The second-order valence-corrected chi connectivity index (χ2v) is 15.8. The van der Waals surface area contributed by atoms with E-state index in [1.54, 1.807) is 0 Å². The highest BCUT2D eigenvalue weighted by Gasteiger charge is 2.66. The molecular formula is C30H44F2N3O6P. The van der Waals surface area contributed by atoms with E-state index in [9.17, 15) is 32.6 Å². The van der Waals surface area contributed by atoms with Gasteiger partial charge in [0.05, 0.1) is 12.8 Å². The van der Waals surface area contributed by atoms with Crippen molar-refractivity contribution in [3.05, 3.63) is 35.4 Å². The Kier molecular flexibility index (Phi) is 10.0. The number of rotatable bonds is 5. The topological polar surface area (TPSA) is 125 Å². The first-order valence-electron chi connectivity index (χ1n) is 15.0. The molecule has 3 aliphatic rings. The van der Waals surface area contributed by atoms with E-state index in [4.69, 9.17) is 4.74 Å². The lowest BCUT2D eigenvalue weighted by Gasteiger charge is -2.32. The van der Waals surface area contributed by atoms with Gasteiger partial charge in [0.1, 0.15) is 29.0 Å². The van der Waals surface area contributed by atoms with Gasteiger partial charge in [-0.1, -0.05) is 58.9 Å². The third-order valence-electron chi connectivity index (χ3n) is 8.58. The monoisotopic (exact) mass is 611 g/mol. The standard InChI is InChI=1S/C30H44F2N3O6P/c1-29(2,3)19-41-28(38)33-24-14-8-6-4-5-7-11-20-17-30(20,34-26(36)25-15-10-16-35(25)27(24)37)42(39,40)18-21-22(31)12-9-13-23(21)32/h9,12-13,20,24-25H,4-8,10-11,14-19H2,1-3H3,(H,33,38)(H,34,36)(H,39,40)/t20-,24+,25+,30+/m1/s1. The number of carbonyl (C=O) groups is 3. The minimum Gasteiger partial charge on any atom is -0.449 e. The van der Waals surface area contributed by atoms with E-state index in [1.807, 2.05) is 20.8 Å². The van der Waals surface area contributed by atoms with Crippen molar-refractivity contribution in [3.63, 3.8) is 0 Å². The van der Waals surface area contributed by atoms with Gasteiger partial charge in [0.25, 0.3) is 0 Å². The fourth-order valence-electron chi connectivity index (χ4n) is 6.16. The quantitative estimate of drug-likeness (QED) is 0.381. The van der Waals surface area contributed by atoms with E-state index in [-0.39, 0.29) is 24.4 Å². The molecule has 3 N–H and O–H groups in total. The first-order chi connectivity index (χ1) is 19.7. The third kappa shape index (κ3) is 7.51. The molecule has 234 valence electrons. The van der Waals surface area contributed by atoms with E-state index in [0.717, 1.165) is 37.8 Å². The Labute approximate surface area is 246 Å². The van der Waals surface area contributed by atoms with Gasteiger partial charge < -0.3 is 25.2 Å². The average Bonchev–Trinajstić information content (AvgIpc) is 3.38. The molecular weight excluding hydrogens is 567 g/mol. The number of carbonyl (C=O) groups excluding carboxylic acids is 3. The van der Waals surface area contributed by atoms with E-state index in [0.29, 0.717) is 38.6 Å². The Morgan fingerprint density at radius 2 is 1.74 bits per heavy atom. The summed E-state index contributed by atoms with van der Waals surface area (Å²) < 4.78 is 48.1. The zero-order chi connectivity index (χ0) is 30.7. The summed E-state index contributed by atoms with van der Waals surface area (Å²) in [6.07, 6.45) is 4.76. The van der Waals surface area contributed by atoms with Crippen LogP contribution in [0.3, 0.4) is 0 Å². The highest BCUT2D eigenvalue weighted by molar-refractivity contribution is 7.59. The van der Waals surface area contributed by atoms with E-state index in [2.05, 4.69) is 10.6 Å². The number of benzene rings is 1. The smallest absolute Gasteiger partial charge is 0.407 e. The molecule has 0 radical (unpaired) electrons. The van der Waals surface area contributed by atoms with Gasteiger partial charge in [-0.25, -0.2) is 13.6 Å². The normalized spacial score (nSPS) is 28.8. The van der Waals surface area contributed by atoms with E-state index < -0.39 is 66.0 Å². The molecule has 0 aromatic heterocycles. The van der Waals surface area contributed by atoms with Gasteiger partial charge >= 0.3 is 6.09 Å². The molecule has 2 aliphatic heterocycles. The lowest BCUT2D eigenvalue weighted by Crippen LogP contribution is -2.55. The molecule has 1 saturated carbocycles. The number of hydrogen-bond donors (Lipinski definition) is 3. The van der Waals surface area contributed by atoms with Crippen LogP contribution in [0, 0.1) is 23.0 Å². The number of nitrogens with one attached hydrogen (secondary N) is 2. The number of amides is 3. The molecule has 3 fully saturated rings. The summed E-state index contributed by atoms with van der Waals surface area (Å²) in [7, 11) is -4.35. The fourth-order valence-corrected chi connectivity index (χ4v) is 8.66. The SMILES string of the molecule is CC(C)(C)COC(=O)N[C@H]1CCCCCCC[C@@H]2C[C@@]2(P(=O)(O)Cc2c(F)cccc2F)NC(=O)[C@@H]2CCCN2C1=O. The Hall–Kier alpha value is -2.52. The minimum absolute atomic E-state index is 0.176. The number of halogens is 2. The van der Waals surface area contributed by atoms with Crippen molar-refractivity contribution < 1.29 is 37.4 Å². The highest BCUT2D eigenvalue weighted by atomic mass is 31.2. The lowest BCUT2D eigenvalue weighted by molar-refractivity contribution is -0.140. The van der Waals surface area contributed by atoms with Gasteiger partial charge in [-0.15, -0.1) is 0 Å². The third-order valence-corrected chi connectivity index (χ3v) is 11.2. The van der Waals surface area contributed by atoms with Crippen LogP contribution in [0.25, 0.3) is 0 Å². The van der Waals surface area contributed by atoms with Crippen molar-refractivity contribution in [1.82, 2.24) is 15.5 Å². The van der Waals surface area contributed by atoms with Crippen molar-refractivity contribution in [2.24, 2.45) is 11.3 Å². The molecule has 2 saturated heterocycles. The van der Waals surface area contributed by atoms with Crippen molar-refractivity contribution >= 4 is 25.3 Å². The van der Waals surface area contributed by atoms with Crippen LogP contribution in [-0.4, -0.2) is 58.2 Å². The minimum atomic E-state index is -4.35. The molecule has 1 aromatic rings. The summed E-state index contributed by atoms with van der Waals surface area (Å²) in [6.45, 7) is 6.27. The maximum Gasteiger partial charge on any atom is 0.407 e. The fraction of sp³-hybridized carbons (Fsp3) is 0.700. The number of nitrogens with zero attached hydrogens (tertiary/aromatic N) is 1. The van der Waals surface area contributed by atoms with Crippen LogP contribution in [0.15, 0.2) is 18.2 Å². The summed E-state index contributed by atoms with van der Waals surface area (Å²) in [5, 5.41) is 4.02. The summed E-state index contributed by atoms with van der Waals surface area (Å²) in [5.74, 6) is -3.08. The summed E-state index contributed by atoms with van der Waals surface area (Å²) in [5.41, 5.74) is -0.722. The summed E-state index contributed by atoms with van der Waals surface area (Å²) in [6, 6.07) is 1.52. The van der Waals surface area contributed by atoms with Gasteiger partial charge in [-0.05, 0) is 55.6 Å². The van der Waals surface area contributed by atoms with Crippen LogP contribution in [0.5, 0.6) is 0 Å². The molecule has 0 spiro atoms. The van der Waals surface area contributed by atoms with Gasteiger partial charge in [-0.3, -0.25) is 14.2 Å². The van der Waals surface area contributed by atoms with Crippen molar-refractivity contribution in [2.45, 2.75) is 109 Å². The van der Waals surface area contributed by atoms with Crippen molar-refractivity contribution in [3.8, 4) is 0 Å². The predicted molar refractivity (Wildman–Crippen MR) is 154 cm³/mol. The summed E-state index contributed by atoms with van der Waals surface area (Å²) in [4.78, 5) is 52.8. The molecule has 9 nitrogen and oxygen atoms in total. The molecule has 1 unspecified atom stereocenters. The van der Waals surface area contributed by atoms with Crippen LogP contribution in [0.4, 0.5) is 13.6 Å². The molecule has 4 rings (SSSR count).